The van der Waals surface area contributed by atoms with Crippen molar-refractivity contribution in [3.8, 4) is 0 Å². The predicted molar refractivity (Wildman–Crippen MR) is 83.9 cm³/mol. The van der Waals surface area contributed by atoms with Crippen molar-refractivity contribution in [2.24, 2.45) is 0 Å². The van der Waals surface area contributed by atoms with Crippen molar-refractivity contribution in [3.05, 3.63) is 23.0 Å². The molecule has 0 bridgehead atoms. The van der Waals surface area contributed by atoms with Gasteiger partial charge in [-0.1, -0.05) is 0 Å². The molecular formula is C15H22N2O2S. The lowest BCUT2D eigenvalue weighted by Gasteiger charge is -2.29. The average molecular weight is 294 g/mol. The molecule has 110 valence electrons. The summed E-state index contributed by atoms with van der Waals surface area (Å²) in [4.78, 5) is 15.7. The van der Waals surface area contributed by atoms with Gasteiger partial charge in [0, 0.05) is 17.0 Å². The largest absolute Gasteiger partial charge is 0.478 e. The van der Waals surface area contributed by atoms with Gasteiger partial charge in [0.25, 0.3) is 0 Å². The Morgan fingerprint density at radius 2 is 2.00 bits per heavy atom. The summed E-state index contributed by atoms with van der Waals surface area (Å²) in [5.74, 6) is -0.907. The van der Waals surface area contributed by atoms with Gasteiger partial charge in [0.05, 0.1) is 11.4 Å². The van der Waals surface area contributed by atoms with Crippen molar-refractivity contribution in [2.45, 2.75) is 50.8 Å². The Morgan fingerprint density at radius 1 is 1.35 bits per heavy atom. The molecule has 5 heteroatoms. The van der Waals surface area contributed by atoms with Gasteiger partial charge in [0.15, 0.2) is 0 Å². The zero-order chi connectivity index (χ0) is 14.7. The molecule has 1 heterocycles. The second-order valence-corrected chi connectivity index (χ2v) is 6.57. The van der Waals surface area contributed by atoms with E-state index in [4.69, 9.17) is 0 Å². The van der Waals surface area contributed by atoms with Gasteiger partial charge in [-0.2, -0.15) is 11.8 Å². The number of hydrogen-bond acceptors (Lipinski definition) is 4. The van der Waals surface area contributed by atoms with Crippen LogP contribution in [0.1, 0.15) is 47.4 Å². The number of thioether (sulfide) groups is 1. The maximum absolute atomic E-state index is 11.4. The standard InChI is InChI=1S/C15H22N2O2S/c1-9-8-13(14(15(18)19)10(2)16-9)17-11-4-6-12(20-3)7-5-11/h8,11-12H,4-7H2,1-3H3,(H,16,17)(H,18,19). The number of hydrogen-bond donors (Lipinski definition) is 2. The predicted octanol–water partition coefficient (Wildman–Crippen LogP) is 3.48. The van der Waals surface area contributed by atoms with Gasteiger partial charge < -0.3 is 10.4 Å². The molecule has 4 nitrogen and oxygen atoms in total. The van der Waals surface area contributed by atoms with Crippen molar-refractivity contribution >= 4 is 23.4 Å². The third-order valence-electron chi connectivity index (χ3n) is 3.91. The summed E-state index contributed by atoms with van der Waals surface area (Å²) in [7, 11) is 0. The molecule has 1 fully saturated rings. The third kappa shape index (κ3) is 3.45. The Hall–Kier alpha value is -1.23. The van der Waals surface area contributed by atoms with Crippen LogP contribution in [0.2, 0.25) is 0 Å². The summed E-state index contributed by atoms with van der Waals surface area (Å²) in [6.45, 7) is 3.65. The fourth-order valence-corrected chi connectivity index (χ4v) is 3.62. The molecular weight excluding hydrogens is 272 g/mol. The second-order valence-electron chi connectivity index (χ2n) is 5.43. The SMILES string of the molecule is CSC1CCC(Nc2cc(C)nc(C)c2C(=O)O)CC1. The van der Waals surface area contributed by atoms with Crippen LogP contribution in [0.4, 0.5) is 5.69 Å². The van der Waals surface area contributed by atoms with Gasteiger partial charge in [-0.15, -0.1) is 0 Å². The number of carbonyl (C=O) groups is 1. The Bertz CT molecular complexity index is 497. The van der Waals surface area contributed by atoms with Crippen molar-refractivity contribution in [2.75, 3.05) is 11.6 Å². The monoisotopic (exact) mass is 294 g/mol. The van der Waals surface area contributed by atoms with Gasteiger partial charge in [0.2, 0.25) is 0 Å². The molecule has 0 amide bonds. The Kier molecular flexibility index (Phi) is 4.91. The van der Waals surface area contributed by atoms with Crippen molar-refractivity contribution in [1.82, 2.24) is 4.98 Å². The van der Waals surface area contributed by atoms with E-state index in [0.29, 0.717) is 17.3 Å². The van der Waals surface area contributed by atoms with Gasteiger partial charge in [0.1, 0.15) is 5.56 Å². The smallest absolute Gasteiger partial charge is 0.339 e. The number of aromatic carboxylic acids is 1. The van der Waals surface area contributed by atoms with E-state index in [1.165, 1.54) is 12.8 Å². The fraction of sp³-hybridized carbons (Fsp3) is 0.600. The lowest BCUT2D eigenvalue weighted by Crippen LogP contribution is -2.28. The summed E-state index contributed by atoms with van der Waals surface area (Å²) in [6.07, 6.45) is 6.76. The van der Waals surface area contributed by atoms with Crippen molar-refractivity contribution in [1.29, 1.82) is 0 Å². The van der Waals surface area contributed by atoms with Crippen LogP contribution >= 0.6 is 11.8 Å². The molecule has 0 saturated heterocycles. The molecule has 1 aliphatic rings. The van der Waals surface area contributed by atoms with Crippen LogP contribution < -0.4 is 5.32 Å². The topological polar surface area (TPSA) is 62.2 Å². The lowest BCUT2D eigenvalue weighted by atomic mass is 9.94. The number of nitrogens with one attached hydrogen (secondary N) is 1. The maximum atomic E-state index is 11.4. The van der Waals surface area contributed by atoms with E-state index in [-0.39, 0.29) is 0 Å². The zero-order valence-electron chi connectivity index (χ0n) is 12.3. The second kappa shape index (κ2) is 6.48. The molecule has 0 radical (unpaired) electrons. The Morgan fingerprint density at radius 3 is 2.55 bits per heavy atom. The number of pyridine rings is 1. The number of nitrogens with zero attached hydrogens (tertiary/aromatic N) is 1. The normalized spacial score (nSPS) is 22.6. The van der Waals surface area contributed by atoms with E-state index >= 15 is 0 Å². The lowest BCUT2D eigenvalue weighted by molar-refractivity contribution is 0.0696. The molecule has 1 aliphatic carbocycles. The molecule has 0 spiro atoms. The number of rotatable bonds is 4. The molecule has 1 aromatic rings. The summed E-state index contributed by atoms with van der Waals surface area (Å²) >= 11 is 1.94. The first kappa shape index (κ1) is 15.2. The summed E-state index contributed by atoms with van der Waals surface area (Å²) < 4.78 is 0. The Labute approximate surface area is 124 Å². The molecule has 20 heavy (non-hydrogen) atoms. The van der Waals surface area contributed by atoms with E-state index in [9.17, 15) is 9.90 Å². The minimum atomic E-state index is -0.907. The van der Waals surface area contributed by atoms with E-state index in [0.717, 1.165) is 29.5 Å². The first-order chi connectivity index (χ1) is 9.51. The van der Waals surface area contributed by atoms with Crippen LogP contribution in [-0.4, -0.2) is 33.6 Å². The number of aryl methyl sites for hydroxylation is 2. The minimum absolute atomic E-state index is 0.308. The first-order valence-corrected chi connectivity index (χ1v) is 8.31. The van der Waals surface area contributed by atoms with Crippen LogP contribution in [0.3, 0.4) is 0 Å². The quantitative estimate of drug-likeness (QED) is 0.890. The van der Waals surface area contributed by atoms with Crippen LogP contribution in [-0.2, 0) is 0 Å². The van der Waals surface area contributed by atoms with Crippen LogP contribution in [0.25, 0.3) is 0 Å². The van der Waals surface area contributed by atoms with Crippen molar-refractivity contribution < 1.29 is 9.90 Å². The molecule has 0 aromatic carbocycles. The van der Waals surface area contributed by atoms with Gasteiger partial charge >= 0.3 is 5.97 Å². The Balaban J connectivity index is 2.15. The summed E-state index contributed by atoms with van der Waals surface area (Å²) in [5.41, 5.74) is 2.46. The average Bonchev–Trinajstić information content (AvgIpc) is 2.38. The number of carboxylic acid groups (broad SMARTS) is 1. The number of carboxylic acids is 1. The third-order valence-corrected chi connectivity index (χ3v) is 5.05. The summed E-state index contributed by atoms with van der Waals surface area (Å²) in [5, 5.41) is 13.5. The minimum Gasteiger partial charge on any atom is -0.478 e. The molecule has 2 N–H and O–H groups in total. The van der Waals surface area contributed by atoms with E-state index in [1.807, 2.05) is 24.8 Å². The highest BCUT2D eigenvalue weighted by atomic mass is 32.2. The molecule has 0 atom stereocenters. The van der Waals surface area contributed by atoms with Gasteiger partial charge in [-0.05, 0) is 51.9 Å². The maximum Gasteiger partial charge on any atom is 0.339 e. The highest BCUT2D eigenvalue weighted by Crippen LogP contribution is 2.30. The highest BCUT2D eigenvalue weighted by Gasteiger charge is 2.23. The van der Waals surface area contributed by atoms with Gasteiger partial charge in [-0.3, -0.25) is 4.98 Å². The molecule has 0 aliphatic heterocycles. The molecule has 1 saturated carbocycles. The first-order valence-electron chi connectivity index (χ1n) is 7.02. The van der Waals surface area contributed by atoms with Gasteiger partial charge in [-0.25, -0.2) is 4.79 Å². The summed E-state index contributed by atoms with van der Waals surface area (Å²) in [6, 6.07) is 2.22. The van der Waals surface area contributed by atoms with Crippen molar-refractivity contribution in [3.63, 3.8) is 0 Å². The molecule has 2 rings (SSSR count). The zero-order valence-corrected chi connectivity index (χ0v) is 13.1. The molecule has 0 unspecified atom stereocenters. The number of aromatic nitrogens is 1. The number of anilines is 1. The van der Waals surface area contributed by atoms with E-state index in [2.05, 4.69) is 16.6 Å². The van der Waals surface area contributed by atoms with Crippen LogP contribution in [0.5, 0.6) is 0 Å². The van der Waals surface area contributed by atoms with E-state index in [1.54, 1.807) is 6.92 Å². The van der Waals surface area contributed by atoms with Crippen LogP contribution in [0, 0.1) is 13.8 Å². The molecule has 1 aromatic heterocycles. The fourth-order valence-electron chi connectivity index (χ4n) is 2.88. The van der Waals surface area contributed by atoms with Crippen LogP contribution in [0.15, 0.2) is 6.07 Å². The highest BCUT2D eigenvalue weighted by molar-refractivity contribution is 7.99. The van der Waals surface area contributed by atoms with E-state index < -0.39 is 5.97 Å².